The summed E-state index contributed by atoms with van der Waals surface area (Å²) in [7, 11) is 0. The summed E-state index contributed by atoms with van der Waals surface area (Å²) in [6.45, 7) is 4.38. The van der Waals surface area contributed by atoms with Crippen LogP contribution in [0.2, 0.25) is 0 Å². The first-order valence-electron chi connectivity index (χ1n) is 5.97. The van der Waals surface area contributed by atoms with Crippen molar-refractivity contribution in [2.24, 2.45) is 5.92 Å². The van der Waals surface area contributed by atoms with E-state index < -0.39 is 0 Å². The molecule has 0 spiro atoms. The van der Waals surface area contributed by atoms with Crippen molar-refractivity contribution in [1.82, 2.24) is 0 Å². The molecule has 0 aromatic heterocycles. The van der Waals surface area contributed by atoms with E-state index in [2.05, 4.69) is 6.92 Å². The molecule has 0 radical (unpaired) electrons. The Labute approximate surface area is 82.9 Å². The highest BCUT2D eigenvalue weighted by atomic mass is 16.5. The van der Waals surface area contributed by atoms with Crippen LogP contribution in [0, 0.1) is 5.92 Å². The normalized spacial score (nSPS) is 28.8. The predicted molar refractivity (Wildman–Crippen MR) is 56.9 cm³/mol. The Morgan fingerprint density at radius 2 is 1.31 bits per heavy atom. The fourth-order valence-corrected chi connectivity index (χ4v) is 1.99. The first-order chi connectivity index (χ1) is 6.39. The van der Waals surface area contributed by atoms with Gasteiger partial charge in [-0.25, -0.2) is 0 Å². The van der Waals surface area contributed by atoms with Crippen LogP contribution in [-0.2, 0) is 4.74 Å². The van der Waals surface area contributed by atoms with Gasteiger partial charge in [0, 0.05) is 13.2 Å². The molecule has 1 unspecified atom stereocenters. The molecule has 1 fully saturated rings. The lowest BCUT2D eigenvalue weighted by Crippen LogP contribution is -2.01. The van der Waals surface area contributed by atoms with E-state index in [4.69, 9.17) is 4.74 Å². The van der Waals surface area contributed by atoms with Gasteiger partial charge >= 0.3 is 0 Å². The maximum absolute atomic E-state index is 5.54. The van der Waals surface area contributed by atoms with Gasteiger partial charge in [-0.3, -0.25) is 0 Å². The second-order valence-corrected chi connectivity index (χ2v) is 4.42. The molecule has 1 saturated heterocycles. The highest BCUT2D eigenvalue weighted by molar-refractivity contribution is 4.56. The molecule has 1 aliphatic rings. The van der Waals surface area contributed by atoms with Gasteiger partial charge in [0.15, 0.2) is 0 Å². The maximum Gasteiger partial charge on any atom is 0.0466 e. The van der Waals surface area contributed by atoms with Gasteiger partial charge < -0.3 is 4.74 Å². The Balaban J connectivity index is 2.11. The summed E-state index contributed by atoms with van der Waals surface area (Å²) in [6, 6.07) is 0. The highest BCUT2D eigenvalue weighted by Gasteiger charge is 2.03. The summed E-state index contributed by atoms with van der Waals surface area (Å²) in [5.41, 5.74) is 0. The van der Waals surface area contributed by atoms with Crippen molar-refractivity contribution < 1.29 is 4.74 Å². The number of ether oxygens (including phenoxy) is 1. The topological polar surface area (TPSA) is 9.23 Å². The summed E-state index contributed by atoms with van der Waals surface area (Å²) < 4.78 is 5.54. The summed E-state index contributed by atoms with van der Waals surface area (Å²) in [5, 5.41) is 0. The Morgan fingerprint density at radius 3 is 2.08 bits per heavy atom. The quantitative estimate of drug-likeness (QED) is 0.557. The molecule has 1 nitrogen and oxygen atoms in total. The average Bonchev–Trinajstić information content (AvgIpc) is 2.11. The monoisotopic (exact) mass is 184 g/mol. The maximum atomic E-state index is 5.54. The minimum absolute atomic E-state index is 0.944. The van der Waals surface area contributed by atoms with E-state index in [1.165, 1.54) is 51.4 Å². The van der Waals surface area contributed by atoms with Crippen molar-refractivity contribution >= 4 is 0 Å². The van der Waals surface area contributed by atoms with E-state index in [0.717, 1.165) is 19.1 Å². The molecule has 78 valence electrons. The van der Waals surface area contributed by atoms with E-state index >= 15 is 0 Å². The van der Waals surface area contributed by atoms with Crippen LogP contribution in [0.5, 0.6) is 0 Å². The van der Waals surface area contributed by atoms with Crippen LogP contribution in [0.15, 0.2) is 0 Å². The molecule has 1 heterocycles. The van der Waals surface area contributed by atoms with Gasteiger partial charge in [0.1, 0.15) is 0 Å². The molecule has 0 saturated carbocycles. The molecule has 13 heavy (non-hydrogen) atoms. The van der Waals surface area contributed by atoms with Crippen molar-refractivity contribution in [2.45, 2.75) is 58.3 Å². The minimum atomic E-state index is 0.944. The Kier molecular flexibility index (Phi) is 6.26. The van der Waals surface area contributed by atoms with Crippen LogP contribution < -0.4 is 0 Å². The summed E-state index contributed by atoms with van der Waals surface area (Å²) >= 11 is 0. The molecule has 0 aliphatic carbocycles. The van der Waals surface area contributed by atoms with E-state index in [1.807, 2.05) is 0 Å². The smallest absolute Gasteiger partial charge is 0.0466 e. The van der Waals surface area contributed by atoms with Crippen LogP contribution in [-0.4, -0.2) is 13.2 Å². The van der Waals surface area contributed by atoms with Crippen molar-refractivity contribution in [1.29, 1.82) is 0 Å². The lowest BCUT2D eigenvalue weighted by Gasteiger charge is -2.12. The Morgan fingerprint density at radius 1 is 0.769 bits per heavy atom. The van der Waals surface area contributed by atoms with Gasteiger partial charge in [-0.05, 0) is 18.8 Å². The number of hydrogen-bond acceptors (Lipinski definition) is 1. The molecule has 0 aromatic rings. The Bertz CT molecular complexity index is 99.7. The second-order valence-electron chi connectivity index (χ2n) is 4.42. The summed E-state index contributed by atoms with van der Waals surface area (Å²) in [5.74, 6) is 0.944. The summed E-state index contributed by atoms with van der Waals surface area (Å²) in [4.78, 5) is 0. The van der Waals surface area contributed by atoms with Crippen LogP contribution in [0.3, 0.4) is 0 Å². The molecule has 1 atom stereocenters. The van der Waals surface area contributed by atoms with Gasteiger partial charge in [0.05, 0.1) is 0 Å². The van der Waals surface area contributed by atoms with Crippen molar-refractivity contribution in [3.05, 3.63) is 0 Å². The molecule has 0 amide bonds. The predicted octanol–water partition coefficient (Wildman–Crippen LogP) is 3.77. The third kappa shape index (κ3) is 6.09. The second kappa shape index (κ2) is 7.37. The van der Waals surface area contributed by atoms with Crippen LogP contribution in [0.4, 0.5) is 0 Å². The Hall–Kier alpha value is -0.0400. The van der Waals surface area contributed by atoms with Gasteiger partial charge in [-0.1, -0.05) is 45.4 Å². The van der Waals surface area contributed by atoms with E-state index in [0.29, 0.717) is 0 Å². The molecule has 0 aromatic carbocycles. The molecule has 0 N–H and O–H groups in total. The zero-order valence-corrected chi connectivity index (χ0v) is 9.06. The molecular formula is C12H24O. The first kappa shape index (κ1) is 11.0. The average molecular weight is 184 g/mol. The van der Waals surface area contributed by atoms with Crippen LogP contribution in [0.1, 0.15) is 58.3 Å². The standard InChI is InChI=1S/C12H24O/c1-12-8-4-2-3-6-10-13-11-7-5-9-12/h12H,2-11H2,1H3. The molecule has 1 rings (SSSR count). The van der Waals surface area contributed by atoms with E-state index in [-0.39, 0.29) is 0 Å². The zero-order valence-electron chi connectivity index (χ0n) is 9.06. The van der Waals surface area contributed by atoms with E-state index in [9.17, 15) is 0 Å². The largest absolute Gasteiger partial charge is 0.381 e. The van der Waals surface area contributed by atoms with Crippen LogP contribution in [0.25, 0.3) is 0 Å². The molecule has 1 heteroatoms. The SMILES string of the molecule is CC1CCCCCCOCCCC1. The molecular weight excluding hydrogens is 160 g/mol. The van der Waals surface area contributed by atoms with Gasteiger partial charge in [0.25, 0.3) is 0 Å². The van der Waals surface area contributed by atoms with Gasteiger partial charge in [-0.15, -0.1) is 0 Å². The van der Waals surface area contributed by atoms with Crippen LogP contribution >= 0.6 is 0 Å². The van der Waals surface area contributed by atoms with Crippen molar-refractivity contribution in [2.75, 3.05) is 13.2 Å². The highest BCUT2D eigenvalue weighted by Crippen LogP contribution is 2.17. The van der Waals surface area contributed by atoms with Gasteiger partial charge in [0.2, 0.25) is 0 Å². The number of hydrogen-bond donors (Lipinski definition) is 0. The first-order valence-corrected chi connectivity index (χ1v) is 5.97. The lowest BCUT2D eigenvalue weighted by atomic mass is 9.97. The fourth-order valence-electron chi connectivity index (χ4n) is 1.99. The number of rotatable bonds is 0. The zero-order chi connectivity index (χ0) is 9.36. The minimum Gasteiger partial charge on any atom is -0.381 e. The third-order valence-electron chi connectivity index (χ3n) is 2.97. The fraction of sp³-hybridized carbons (Fsp3) is 1.00. The molecule has 0 bridgehead atoms. The lowest BCUT2D eigenvalue weighted by molar-refractivity contribution is 0.123. The van der Waals surface area contributed by atoms with E-state index in [1.54, 1.807) is 0 Å². The van der Waals surface area contributed by atoms with Gasteiger partial charge in [-0.2, -0.15) is 0 Å². The third-order valence-corrected chi connectivity index (χ3v) is 2.97. The summed E-state index contributed by atoms with van der Waals surface area (Å²) in [6.07, 6.45) is 11.0. The molecule has 1 aliphatic heterocycles. The van der Waals surface area contributed by atoms with Crippen molar-refractivity contribution in [3.8, 4) is 0 Å². The van der Waals surface area contributed by atoms with Crippen molar-refractivity contribution in [3.63, 3.8) is 0 Å².